The zero-order valence-corrected chi connectivity index (χ0v) is 16.2. The van der Waals surface area contributed by atoms with Gasteiger partial charge in [0, 0.05) is 47.3 Å². The monoisotopic (exact) mass is 318 g/mol. The van der Waals surface area contributed by atoms with Gasteiger partial charge in [0.2, 0.25) is 0 Å². The summed E-state index contributed by atoms with van der Waals surface area (Å²) >= 11 is 0. The molecule has 0 aromatic heterocycles. The van der Waals surface area contributed by atoms with Crippen LogP contribution in [-0.4, -0.2) is 76.4 Å². The molecule has 22 heavy (non-hydrogen) atoms. The van der Waals surface area contributed by atoms with Crippen molar-refractivity contribution < 1.29 is 0 Å². The maximum atomic E-state index is 3.15. The molecule has 0 unspecified atom stereocenters. The zero-order valence-electron chi connectivity index (χ0n) is 16.2. The van der Waals surface area contributed by atoms with Crippen LogP contribution in [0.2, 0.25) is 0 Å². The van der Waals surface area contributed by atoms with E-state index < -0.39 is 0 Å². The first-order chi connectivity index (χ1) is 10.5. The van der Waals surface area contributed by atoms with Gasteiger partial charge < -0.3 is 0 Å². The van der Waals surface area contributed by atoms with Crippen LogP contribution in [-0.2, 0) is 0 Å². The third-order valence-electron chi connectivity index (χ3n) is 3.56. The standard InChI is InChI=1S/C5H12N2.C5H12.C4H10N2.C2H8N2/c1-6-4-3-5-7(6)2;1-3-5-4-2;1-6-4-2-3-5-6;1-3-4-2/h3-5H2,1-2H3;3-5H2,1-2H3;5H,2-4H2,1H3;3-4H,1-2H3. The van der Waals surface area contributed by atoms with Crippen LogP contribution >= 0.6 is 0 Å². The van der Waals surface area contributed by atoms with Crippen molar-refractivity contribution in [3.63, 3.8) is 0 Å². The zero-order chi connectivity index (χ0) is 17.2. The van der Waals surface area contributed by atoms with Gasteiger partial charge in [0.25, 0.3) is 0 Å². The lowest BCUT2D eigenvalue weighted by atomic mass is 10.3. The summed E-state index contributed by atoms with van der Waals surface area (Å²) < 4.78 is 0. The summed E-state index contributed by atoms with van der Waals surface area (Å²) in [6.07, 6.45) is 6.70. The summed E-state index contributed by atoms with van der Waals surface area (Å²) in [5.74, 6) is 0. The lowest BCUT2D eigenvalue weighted by molar-refractivity contribution is 0.0894. The molecule has 0 spiro atoms. The van der Waals surface area contributed by atoms with E-state index in [4.69, 9.17) is 0 Å². The Balaban J connectivity index is 0. The van der Waals surface area contributed by atoms with E-state index in [9.17, 15) is 0 Å². The Bertz CT molecular complexity index is 185. The highest BCUT2D eigenvalue weighted by Gasteiger charge is 2.11. The van der Waals surface area contributed by atoms with Gasteiger partial charge in [-0.05, 0) is 26.9 Å². The molecule has 2 aliphatic rings. The topological polar surface area (TPSA) is 45.8 Å². The molecule has 136 valence electrons. The molecule has 0 aromatic rings. The molecular weight excluding hydrogens is 276 g/mol. The van der Waals surface area contributed by atoms with Crippen molar-refractivity contribution in [3.8, 4) is 0 Å². The second-order valence-corrected chi connectivity index (χ2v) is 5.65. The van der Waals surface area contributed by atoms with Gasteiger partial charge in [-0.25, -0.2) is 15.0 Å². The van der Waals surface area contributed by atoms with E-state index in [0.717, 1.165) is 6.54 Å². The Hall–Kier alpha value is -0.240. The molecule has 2 aliphatic heterocycles. The Kier molecular flexibility index (Phi) is 20.5. The quantitative estimate of drug-likeness (QED) is 0.686. The molecule has 6 heteroatoms. The van der Waals surface area contributed by atoms with Crippen molar-refractivity contribution in [1.82, 2.24) is 31.3 Å². The lowest BCUT2D eigenvalue weighted by Gasteiger charge is -2.16. The van der Waals surface area contributed by atoms with E-state index >= 15 is 0 Å². The van der Waals surface area contributed by atoms with Gasteiger partial charge in [0.15, 0.2) is 0 Å². The van der Waals surface area contributed by atoms with E-state index in [2.05, 4.69) is 66.3 Å². The molecule has 2 rings (SSSR count). The summed E-state index contributed by atoms with van der Waals surface area (Å²) in [4.78, 5) is 0. The maximum Gasteiger partial charge on any atom is 0.0142 e. The van der Waals surface area contributed by atoms with Crippen LogP contribution in [0.3, 0.4) is 0 Å². The molecule has 0 atom stereocenters. The average Bonchev–Trinajstić information content (AvgIpc) is 3.14. The molecular formula is C16H42N6. The summed E-state index contributed by atoms with van der Waals surface area (Å²) in [5.41, 5.74) is 8.51. The Morgan fingerprint density at radius 1 is 0.818 bits per heavy atom. The van der Waals surface area contributed by atoms with E-state index in [0.29, 0.717) is 0 Å². The van der Waals surface area contributed by atoms with Gasteiger partial charge in [-0.15, -0.1) is 0 Å². The fourth-order valence-electron chi connectivity index (χ4n) is 1.89. The van der Waals surface area contributed by atoms with Crippen LogP contribution in [0, 0.1) is 0 Å². The fourth-order valence-corrected chi connectivity index (χ4v) is 1.89. The van der Waals surface area contributed by atoms with Crippen LogP contribution < -0.4 is 16.3 Å². The smallest absolute Gasteiger partial charge is 0.0142 e. The van der Waals surface area contributed by atoms with Gasteiger partial charge >= 0.3 is 0 Å². The molecule has 3 N–H and O–H groups in total. The van der Waals surface area contributed by atoms with Crippen LogP contribution in [0.25, 0.3) is 0 Å². The first kappa shape index (κ1) is 24.0. The van der Waals surface area contributed by atoms with Crippen LogP contribution in [0.1, 0.15) is 46.0 Å². The van der Waals surface area contributed by atoms with Gasteiger partial charge in [-0.3, -0.25) is 16.3 Å². The summed E-state index contributed by atoms with van der Waals surface area (Å²) in [6.45, 7) is 9.26. The molecule has 0 aliphatic carbocycles. The molecule has 0 saturated carbocycles. The number of hydrogen-bond donors (Lipinski definition) is 3. The molecule has 0 bridgehead atoms. The third-order valence-corrected chi connectivity index (χ3v) is 3.56. The van der Waals surface area contributed by atoms with E-state index in [1.807, 2.05) is 14.1 Å². The first-order valence-electron chi connectivity index (χ1n) is 8.73. The van der Waals surface area contributed by atoms with Crippen molar-refractivity contribution in [2.75, 3.05) is 61.4 Å². The first-order valence-corrected chi connectivity index (χ1v) is 8.73. The predicted molar refractivity (Wildman–Crippen MR) is 98.4 cm³/mol. The van der Waals surface area contributed by atoms with Crippen LogP contribution in [0.4, 0.5) is 0 Å². The van der Waals surface area contributed by atoms with Crippen molar-refractivity contribution in [2.24, 2.45) is 0 Å². The Morgan fingerprint density at radius 3 is 1.41 bits per heavy atom. The second-order valence-electron chi connectivity index (χ2n) is 5.65. The van der Waals surface area contributed by atoms with Crippen molar-refractivity contribution in [2.45, 2.75) is 46.0 Å². The van der Waals surface area contributed by atoms with Gasteiger partial charge in [-0.2, -0.15) is 0 Å². The maximum absolute atomic E-state index is 3.15. The molecule has 2 fully saturated rings. The van der Waals surface area contributed by atoms with Gasteiger partial charge in [0.05, 0.1) is 0 Å². The van der Waals surface area contributed by atoms with E-state index in [1.165, 1.54) is 51.7 Å². The highest BCUT2D eigenvalue weighted by atomic mass is 15.6. The van der Waals surface area contributed by atoms with Crippen molar-refractivity contribution >= 4 is 0 Å². The van der Waals surface area contributed by atoms with Crippen LogP contribution in [0.5, 0.6) is 0 Å². The molecule has 0 radical (unpaired) electrons. The number of hydrogen-bond acceptors (Lipinski definition) is 6. The number of unbranched alkanes of at least 4 members (excludes halogenated alkanes) is 2. The van der Waals surface area contributed by atoms with Crippen molar-refractivity contribution in [1.29, 1.82) is 0 Å². The van der Waals surface area contributed by atoms with E-state index in [1.54, 1.807) is 0 Å². The Morgan fingerprint density at radius 2 is 1.32 bits per heavy atom. The average molecular weight is 319 g/mol. The summed E-state index contributed by atoms with van der Waals surface area (Å²) in [6, 6.07) is 0. The third kappa shape index (κ3) is 17.8. The van der Waals surface area contributed by atoms with Gasteiger partial charge in [-0.1, -0.05) is 33.1 Å². The van der Waals surface area contributed by atoms with Gasteiger partial charge in [0.1, 0.15) is 0 Å². The molecule has 6 nitrogen and oxygen atoms in total. The van der Waals surface area contributed by atoms with E-state index in [-0.39, 0.29) is 0 Å². The molecule has 0 amide bonds. The van der Waals surface area contributed by atoms with Crippen molar-refractivity contribution in [3.05, 3.63) is 0 Å². The number of hydrazine groups is 3. The predicted octanol–water partition coefficient (Wildman–Crippen LogP) is 1.53. The summed E-state index contributed by atoms with van der Waals surface area (Å²) in [7, 11) is 9.94. The largest absolute Gasteiger partial charge is 0.261 e. The highest BCUT2D eigenvalue weighted by molar-refractivity contribution is 4.57. The SMILES string of the molecule is CCCCC.CN1CCCN1.CN1CCCN1C.CNNC. The highest BCUT2D eigenvalue weighted by Crippen LogP contribution is 2.01. The fraction of sp³-hybridized carbons (Fsp3) is 1.00. The number of rotatable bonds is 3. The lowest BCUT2D eigenvalue weighted by Crippen LogP contribution is -2.28. The minimum Gasteiger partial charge on any atom is -0.261 e. The number of nitrogens with one attached hydrogen (secondary N) is 3. The second kappa shape index (κ2) is 18.8. The minimum atomic E-state index is 1.16. The summed E-state index contributed by atoms with van der Waals surface area (Å²) in [5, 5.41) is 6.58. The number of nitrogens with zero attached hydrogens (tertiary/aromatic N) is 3. The Labute approximate surface area is 139 Å². The van der Waals surface area contributed by atoms with Crippen LogP contribution in [0.15, 0.2) is 0 Å². The molecule has 0 aromatic carbocycles. The minimum absolute atomic E-state index is 1.16. The normalized spacial score (nSPS) is 18.7. The molecule has 2 heterocycles. The molecule has 2 saturated heterocycles.